The number of carbonyl (C=O) groups excluding carboxylic acids is 1. The highest BCUT2D eigenvalue weighted by Gasteiger charge is 2.10. The van der Waals surface area contributed by atoms with Crippen molar-refractivity contribution in [3.8, 4) is 0 Å². The fraction of sp³-hybridized carbons (Fsp3) is 0.200. The zero-order valence-electron chi connectivity index (χ0n) is 11.3. The molecule has 0 saturated heterocycles. The Bertz CT molecular complexity index is 627. The number of benzene rings is 1. The average molecular weight is 256 g/mol. The fourth-order valence-electron chi connectivity index (χ4n) is 1.84. The molecule has 0 bridgehead atoms. The summed E-state index contributed by atoms with van der Waals surface area (Å²) in [6.07, 6.45) is 3.74. The van der Waals surface area contributed by atoms with Crippen molar-refractivity contribution in [2.75, 3.05) is 7.11 Å². The first kappa shape index (κ1) is 13.1. The van der Waals surface area contributed by atoms with Crippen LogP contribution in [-0.2, 0) is 11.8 Å². The Labute approximate surface area is 112 Å². The molecule has 0 unspecified atom stereocenters. The van der Waals surface area contributed by atoms with E-state index >= 15 is 0 Å². The van der Waals surface area contributed by atoms with Gasteiger partial charge in [-0.3, -0.25) is 4.99 Å². The highest BCUT2D eigenvalue weighted by molar-refractivity contribution is 5.93. The molecule has 0 spiro atoms. The van der Waals surface area contributed by atoms with Gasteiger partial charge in [0.15, 0.2) is 0 Å². The molecule has 4 nitrogen and oxygen atoms in total. The van der Waals surface area contributed by atoms with E-state index in [9.17, 15) is 4.79 Å². The number of methoxy groups -OCH3 is 1. The summed E-state index contributed by atoms with van der Waals surface area (Å²) >= 11 is 0. The van der Waals surface area contributed by atoms with Crippen LogP contribution in [0.1, 0.15) is 21.6 Å². The van der Waals surface area contributed by atoms with Crippen molar-refractivity contribution < 1.29 is 9.53 Å². The molecule has 2 rings (SSSR count). The van der Waals surface area contributed by atoms with Crippen LogP contribution in [0.3, 0.4) is 0 Å². The van der Waals surface area contributed by atoms with Gasteiger partial charge < -0.3 is 9.30 Å². The summed E-state index contributed by atoms with van der Waals surface area (Å²) in [6, 6.07) is 9.35. The van der Waals surface area contributed by atoms with Gasteiger partial charge in [0.25, 0.3) is 0 Å². The van der Waals surface area contributed by atoms with E-state index in [4.69, 9.17) is 4.74 Å². The predicted molar refractivity (Wildman–Crippen MR) is 75.2 cm³/mol. The number of esters is 1. The Morgan fingerprint density at radius 2 is 2.11 bits per heavy atom. The van der Waals surface area contributed by atoms with E-state index in [1.54, 1.807) is 18.3 Å². The Kier molecular flexibility index (Phi) is 3.80. The minimum Gasteiger partial charge on any atom is -0.465 e. The predicted octanol–water partition coefficient (Wildman–Crippen LogP) is 2.87. The van der Waals surface area contributed by atoms with E-state index in [0.29, 0.717) is 5.56 Å². The molecule has 0 amide bonds. The van der Waals surface area contributed by atoms with Crippen molar-refractivity contribution in [3.63, 3.8) is 0 Å². The lowest BCUT2D eigenvalue weighted by Crippen LogP contribution is -2.03. The van der Waals surface area contributed by atoms with Crippen LogP contribution in [0.25, 0.3) is 0 Å². The first-order chi connectivity index (χ1) is 9.13. The molecule has 2 aromatic rings. The van der Waals surface area contributed by atoms with Gasteiger partial charge in [0.05, 0.1) is 30.3 Å². The Morgan fingerprint density at radius 3 is 2.74 bits per heavy atom. The van der Waals surface area contributed by atoms with Crippen molar-refractivity contribution in [2.45, 2.75) is 6.92 Å². The Morgan fingerprint density at radius 1 is 1.32 bits per heavy atom. The molecule has 0 aliphatic carbocycles. The molecule has 4 heteroatoms. The Balaban J connectivity index is 2.34. The van der Waals surface area contributed by atoms with Crippen molar-refractivity contribution >= 4 is 17.9 Å². The molecular weight excluding hydrogens is 240 g/mol. The number of aromatic nitrogens is 1. The Hall–Kier alpha value is -2.36. The lowest BCUT2D eigenvalue weighted by molar-refractivity contribution is 0.0600. The second-order valence-corrected chi connectivity index (χ2v) is 4.24. The molecule has 1 heterocycles. The molecular formula is C15H16N2O2. The smallest absolute Gasteiger partial charge is 0.338 e. The number of hydrogen-bond acceptors (Lipinski definition) is 3. The summed E-state index contributed by atoms with van der Waals surface area (Å²) in [5.41, 5.74) is 3.14. The molecule has 0 atom stereocenters. The molecule has 1 aromatic heterocycles. The van der Waals surface area contributed by atoms with Crippen LogP contribution < -0.4 is 0 Å². The molecule has 0 saturated carbocycles. The maximum atomic E-state index is 11.6. The number of aryl methyl sites for hydroxylation is 1. The van der Waals surface area contributed by atoms with E-state index in [-0.39, 0.29) is 5.97 Å². The SMILES string of the molecule is COC(=O)c1cccc(N=Cc2cccn2C)c1C. The highest BCUT2D eigenvalue weighted by atomic mass is 16.5. The second kappa shape index (κ2) is 5.52. The molecule has 98 valence electrons. The molecule has 19 heavy (non-hydrogen) atoms. The average Bonchev–Trinajstić information content (AvgIpc) is 2.82. The summed E-state index contributed by atoms with van der Waals surface area (Å²) in [7, 11) is 3.33. The number of nitrogens with zero attached hydrogens (tertiary/aromatic N) is 2. The third-order valence-corrected chi connectivity index (χ3v) is 3.03. The maximum Gasteiger partial charge on any atom is 0.338 e. The van der Waals surface area contributed by atoms with Crippen LogP contribution in [0, 0.1) is 6.92 Å². The largest absolute Gasteiger partial charge is 0.465 e. The highest BCUT2D eigenvalue weighted by Crippen LogP contribution is 2.22. The summed E-state index contributed by atoms with van der Waals surface area (Å²) in [5, 5.41) is 0. The van der Waals surface area contributed by atoms with Gasteiger partial charge in [0.2, 0.25) is 0 Å². The minimum atomic E-state index is -0.339. The first-order valence-corrected chi connectivity index (χ1v) is 5.97. The summed E-state index contributed by atoms with van der Waals surface area (Å²) in [5.74, 6) is -0.339. The molecule has 1 aromatic carbocycles. The molecule has 0 aliphatic rings. The molecule has 0 N–H and O–H groups in total. The summed E-state index contributed by atoms with van der Waals surface area (Å²) in [6.45, 7) is 1.86. The molecule has 0 fully saturated rings. The molecule has 0 aliphatic heterocycles. The van der Waals surface area contributed by atoms with Crippen molar-refractivity contribution in [3.05, 3.63) is 53.3 Å². The van der Waals surface area contributed by atoms with Crippen LogP contribution in [-0.4, -0.2) is 23.9 Å². The number of hydrogen-bond donors (Lipinski definition) is 0. The standard InChI is InChI=1S/C15H16N2O2/c1-11-13(15(18)19-3)7-4-8-14(11)16-10-12-6-5-9-17(12)2/h4-10H,1-3H3. The number of aliphatic imine (C=N–C) groups is 1. The van der Waals surface area contributed by atoms with Gasteiger partial charge >= 0.3 is 5.97 Å². The van der Waals surface area contributed by atoms with E-state index in [2.05, 4.69) is 4.99 Å². The van der Waals surface area contributed by atoms with Crippen molar-refractivity contribution in [2.24, 2.45) is 12.0 Å². The van der Waals surface area contributed by atoms with Crippen LogP contribution in [0.2, 0.25) is 0 Å². The normalized spacial score (nSPS) is 10.9. The van der Waals surface area contributed by atoms with Gasteiger partial charge in [-0.1, -0.05) is 6.07 Å². The zero-order chi connectivity index (χ0) is 13.8. The third-order valence-electron chi connectivity index (χ3n) is 3.03. The lowest BCUT2D eigenvalue weighted by Gasteiger charge is -2.06. The number of carbonyl (C=O) groups is 1. The van der Waals surface area contributed by atoms with E-state index in [1.165, 1.54) is 7.11 Å². The van der Waals surface area contributed by atoms with Gasteiger partial charge in [-0.2, -0.15) is 0 Å². The van der Waals surface area contributed by atoms with Gasteiger partial charge in [-0.05, 0) is 36.8 Å². The van der Waals surface area contributed by atoms with Crippen molar-refractivity contribution in [1.29, 1.82) is 0 Å². The van der Waals surface area contributed by atoms with Gasteiger partial charge in [-0.15, -0.1) is 0 Å². The molecule has 0 radical (unpaired) electrons. The lowest BCUT2D eigenvalue weighted by atomic mass is 10.1. The zero-order valence-corrected chi connectivity index (χ0v) is 11.3. The van der Waals surface area contributed by atoms with Gasteiger partial charge in [-0.25, -0.2) is 4.79 Å². The van der Waals surface area contributed by atoms with Crippen LogP contribution in [0.15, 0.2) is 41.5 Å². The quantitative estimate of drug-likeness (QED) is 0.626. The third kappa shape index (κ3) is 2.73. The van der Waals surface area contributed by atoms with Gasteiger partial charge in [0.1, 0.15) is 0 Å². The topological polar surface area (TPSA) is 43.6 Å². The van der Waals surface area contributed by atoms with Crippen LogP contribution >= 0.6 is 0 Å². The second-order valence-electron chi connectivity index (χ2n) is 4.24. The van der Waals surface area contributed by atoms with Crippen LogP contribution in [0.4, 0.5) is 5.69 Å². The first-order valence-electron chi connectivity index (χ1n) is 5.97. The van der Waals surface area contributed by atoms with E-state index in [1.807, 2.05) is 42.9 Å². The number of ether oxygens (including phenoxy) is 1. The van der Waals surface area contributed by atoms with Crippen molar-refractivity contribution in [1.82, 2.24) is 4.57 Å². The van der Waals surface area contributed by atoms with Gasteiger partial charge in [0, 0.05) is 13.2 Å². The maximum absolute atomic E-state index is 11.6. The summed E-state index contributed by atoms with van der Waals surface area (Å²) < 4.78 is 6.72. The van der Waals surface area contributed by atoms with E-state index in [0.717, 1.165) is 16.9 Å². The fourth-order valence-corrected chi connectivity index (χ4v) is 1.84. The van der Waals surface area contributed by atoms with Crippen LogP contribution in [0.5, 0.6) is 0 Å². The van der Waals surface area contributed by atoms with E-state index < -0.39 is 0 Å². The number of rotatable bonds is 3. The minimum absolute atomic E-state index is 0.339. The monoisotopic (exact) mass is 256 g/mol. The summed E-state index contributed by atoms with van der Waals surface area (Å²) in [4.78, 5) is 16.0.